The van der Waals surface area contributed by atoms with Gasteiger partial charge in [0.1, 0.15) is 0 Å². The highest BCUT2D eigenvalue weighted by molar-refractivity contribution is 14.1. The molecule has 0 saturated heterocycles. The molecule has 0 radical (unpaired) electrons. The minimum Gasteiger partial charge on any atom is -0.356 e. The van der Waals surface area contributed by atoms with E-state index < -0.39 is 0 Å². The summed E-state index contributed by atoms with van der Waals surface area (Å²) in [6.07, 6.45) is 5.06. The van der Waals surface area contributed by atoms with Gasteiger partial charge in [-0.1, -0.05) is 29.0 Å². The van der Waals surface area contributed by atoms with Gasteiger partial charge in [-0.3, -0.25) is 4.79 Å². The van der Waals surface area contributed by atoms with Crippen molar-refractivity contribution in [1.29, 1.82) is 0 Å². The molecule has 2 fully saturated rings. The Morgan fingerprint density at radius 1 is 1.38 bits per heavy atom. The number of hydrogen-bond acceptors (Lipinski definition) is 1. The van der Waals surface area contributed by atoms with Crippen LogP contribution in [-0.4, -0.2) is 16.9 Å². The first kappa shape index (κ1) is 9.74. The third-order valence-corrected chi connectivity index (χ3v) is 4.08. The van der Waals surface area contributed by atoms with Crippen LogP contribution in [0.2, 0.25) is 0 Å². The third-order valence-electron chi connectivity index (χ3n) is 3.32. The molecule has 0 aliphatic heterocycles. The van der Waals surface area contributed by atoms with Gasteiger partial charge in [-0.15, -0.1) is 0 Å². The van der Waals surface area contributed by atoms with Gasteiger partial charge in [0.15, 0.2) is 0 Å². The van der Waals surface area contributed by atoms with E-state index in [9.17, 15) is 4.79 Å². The summed E-state index contributed by atoms with van der Waals surface area (Å²) < 4.78 is 1.13. The zero-order valence-corrected chi connectivity index (χ0v) is 9.92. The summed E-state index contributed by atoms with van der Waals surface area (Å²) in [5.41, 5.74) is 0. The quantitative estimate of drug-likeness (QED) is 0.479. The number of halogens is 1. The van der Waals surface area contributed by atoms with Gasteiger partial charge in [0, 0.05) is 16.9 Å². The Morgan fingerprint density at radius 3 is 2.69 bits per heavy atom. The summed E-state index contributed by atoms with van der Waals surface area (Å²) >= 11 is 2.34. The van der Waals surface area contributed by atoms with Crippen molar-refractivity contribution in [3.8, 4) is 0 Å². The molecule has 3 heteroatoms. The molecule has 2 atom stereocenters. The van der Waals surface area contributed by atoms with Crippen molar-refractivity contribution >= 4 is 28.5 Å². The lowest BCUT2D eigenvalue weighted by molar-refractivity contribution is -0.123. The minimum absolute atomic E-state index is 0.333. The molecule has 0 heterocycles. The second-order valence-corrected chi connectivity index (χ2v) is 5.20. The minimum atomic E-state index is 0.333. The Bertz CT molecular complexity index is 197. The van der Waals surface area contributed by atoms with Gasteiger partial charge in [-0.05, 0) is 31.1 Å². The van der Waals surface area contributed by atoms with Gasteiger partial charge < -0.3 is 5.32 Å². The second-order valence-electron chi connectivity index (χ2n) is 4.12. The molecule has 2 nitrogen and oxygen atoms in total. The zero-order chi connectivity index (χ0) is 9.26. The van der Waals surface area contributed by atoms with Crippen LogP contribution in [0.3, 0.4) is 0 Å². The molecule has 2 aliphatic carbocycles. The van der Waals surface area contributed by atoms with E-state index in [0.717, 1.165) is 29.2 Å². The molecular formula is C10H16INO. The van der Waals surface area contributed by atoms with Crippen LogP contribution in [0.15, 0.2) is 0 Å². The van der Waals surface area contributed by atoms with Crippen LogP contribution in [0.5, 0.6) is 0 Å². The zero-order valence-electron chi connectivity index (χ0n) is 7.76. The van der Waals surface area contributed by atoms with Crippen LogP contribution in [0, 0.1) is 17.8 Å². The molecular weight excluding hydrogens is 277 g/mol. The fourth-order valence-corrected chi connectivity index (χ4v) is 2.99. The lowest BCUT2D eigenvalue weighted by atomic mass is 10.1. The van der Waals surface area contributed by atoms with Gasteiger partial charge in [-0.25, -0.2) is 0 Å². The van der Waals surface area contributed by atoms with E-state index in [2.05, 4.69) is 27.9 Å². The molecule has 13 heavy (non-hydrogen) atoms. The number of nitrogens with one attached hydrogen (secondary N) is 1. The Hall–Kier alpha value is 0.200. The molecule has 0 bridgehead atoms. The molecule has 1 amide bonds. The summed E-state index contributed by atoms with van der Waals surface area (Å²) in [5, 5.41) is 3.03. The maximum Gasteiger partial charge on any atom is 0.223 e. The molecule has 0 spiro atoms. The molecule has 0 aromatic carbocycles. The van der Waals surface area contributed by atoms with Gasteiger partial charge in [0.05, 0.1) is 0 Å². The largest absolute Gasteiger partial charge is 0.356 e. The van der Waals surface area contributed by atoms with Crippen molar-refractivity contribution < 1.29 is 4.79 Å². The van der Waals surface area contributed by atoms with E-state index in [0.29, 0.717) is 11.8 Å². The molecule has 1 N–H and O–H groups in total. The van der Waals surface area contributed by atoms with Gasteiger partial charge >= 0.3 is 0 Å². The topological polar surface area (TPSA) is 29.1 Å². The van der Waals surface area contributed by atoms with Crippen molar-refractivity contribution in [3.05, 3.63) is 0 Å². The monoisotopic (exact) mass is 293 g/mol. The highest BCUT2D eigenvalue weighted by Gasteiger charge is 2.56. The SMILES string of the molecule is O=C(NCCCI)C1C2CCCC21. The number of amides is 1. The highest BCUT2D eigenvalue weighted by Crippen LogP contribution is 2.57. The Balaban J connectivity index is 1.68. The fourth-order valence-electron chi connectivity index (χ4n) is 2.61. The first-order valence-corrected chi connectivity index (χ1v) is 6.71. The average molecular weight is 293 g/mol. The number of rotatable bonds is 4. The van der Waals surface area contributed by atoms with E-state index in [1.165, 1.54) is 19.3 Å². The number of hydrogen-bond donors (Lipinski definition) is 1. The van der Waals surface area contributed by atoms with Crippen LogP contribution < -0.4 is 5.32 Å². The summed E-state index contributed by atoms with van der Waals surface area (Å²) in [6.45, 7) is 0.873. The number of carbonyl (C=O) groups excluding carboxylic acids is 1. The smallest absolute Gasteiger partial charge is 0.223 e. The van der Waals surface area contributed by atoms with Crippen molar-refractivity contribution in [3.63, 3.8) is 0 Å². The lowest BCUT2D eigenvalue weighted by Crippen LogP contribution is -2.27. The molecule has 2 saturated carbocycles. The number of carbonyl (C=O) groups is 1. The van der Waals surface area contributed by atoms with Gasteiger partial charge in [-0.2, -0.15) is 0 Å². The van der Waals surface area contributed by atoms with E-state index in [-0.39, 0.29) is 0 Å². The Morgan fingerprint density at radius 2 is 2.08 bits per heavy atom. The van der Waals surface area contributed by atoms with Crippen LogP contribution in [0.25, 0.3) is 0 Å². The van der Waals surface area contributed by atoms with E-state index in [1.807, 2.05) is 0 Å². The van der Waals surface area contributed by atoms with Crippen molar-refractivity contribution in [2.75, 3.05) is 11.0 Å². The van der Waals surface area contributed by atoms with E-state index in [1.54, 1.807) is 0 Å². The molecule has 2 rings (SSSR count). The van der Waals surface area contributed by atoms with Gasteiger partial charge in [0.2, 0.25) is 5.91 Å². The van der Waals surface area contributed by atoms with E-state index >= 15 is 0 Å². The predicted molar refractivity (Wildman–Crippen MR) is 60.8 cm³/mol. The average Bonchev–Trinajstić information content (AvgIpc) is 2.61. The Kier molecular flexibility index (Phi) is 3.11. The summed E-state index contributed by atoms with van der Waals surface area (Å²) in [5.74, 6) is 2.27. The third kappa shape index (κ3) is 2.00. The molecule has 0 aromatic rings. The highest BCUT2D eigenvalue weighted by atomic mass is 127. The van der Waals surface area contributed by atoms with Crippen molar-refractivity contribution in [2.24, 2.45) is 17.8 Å². The maximum absolute atomic E-state index is 11.6. The Labute approximate surface area is 93.0 Å². The lowest BCUT2D eigenvalue weighted by Gasteiger charge is -2.04. The van der Waals surface area contributed by atoms with Crippen molar-refractivity contribution in [2.45, 2.75) is 25.7 Å². The van der Waals surface area contributed by atoms with Crippen LogP contribution in [0.4, 0.5) is 0 Å². The molecule has 0 aromatic heterocycles. The fraction of sp³-hybridized carbons (Fsp3) is 0.900. The van der Waals surface area contributed by atoms with Crippen molar-refractivity contribution in [1.82, 2.24) is 5.32 Å². The van der Waals surface area contributed by atoms with Crippen LogP contribution in [0.1, 0.15) is 25.7 Å². The predicted octanol–water partition coefficient (Wildman–Crippen LogP) is 1.97. The summed E-state index contributed by atoms with van der Waals surface area (Å²) in [7, 11) is 0. The van der Waals surface area contributed by atoms with Crippen LogP contribution >= 0.6 is 22.6 Å². The first-order valence-electron chi connectivity index (χ1n) is 5.18. The number of fused-ring (bicyclic) bond motifs is 1. The first-order chi connectivity index (χ1) is 6.34. The summed E-state index contributed by atoms with van der Waals surface area (Å²) in [4.78, 5) is 11.6. The number of alkyl halides is 1. The van der Waals surface area contributed by atoms with Crippen LogP contribution in [-0.2, 0) is 4.79 Å². The molecule has 2 aliphatic rings. The van der Waals surface area contributed by atoms with Gasteiger partial charge in [0.25, 0.3) is 0 Å². The van der Waals surface area contributed by atoms with E-state index in [4.69, 9.17) is 0 Å². The second kappa shape index (κ2) is 4.15. The standard InChI is InChI=1S/C10H16INO/c11-5-2-6-12-10(13)9-7-3-1-4-8(7)9/h7-9H,1-6H2,(H,12,13). The normalized spacial score (nSPS) is 35.6. The maximum atomic E-state index is 11.6. The molecule has 74 valence electrons. The summed E-state index contributed by atoms with van der Waals surface area (Å²) in [6, 6.07) is 0. The molecule has 2 unspecified atom stereocenters.